The van der Waals surface area contributed by atoms with Gasteiger partial charge in [0.25, 0.3) is 11.8 Å². The van der Waals surface area contributed by atoms with Crippen LogP contribution in [0.1, 0.15) is 37.7 Å². The number of halogens is 5. The van der Waals surface area contributed by atoms with E-state index in [-0.39, 0.29) is 21.8 Å². The van der Waals surface area contributed by atoms with E-state index in [0.29, 0.717) is 11.6 Å². The Balaban J connectivity index is 2.03. The molecule has 0 aliphatic carbocycles. The first-order chi connectivity index (χ1) is 15.5. The van der Waals surface area contributed by atoms with Gasteiger partial charge in [0.1, 0.15) is 5.69 Å². The first-order valence-corrected chi connectivity index (χ1v) is 9.72. The number of amides is 2. The molecule has 33 heavy (non-hydrogen) atoms. The number of aromatic nitrogens is 3. The molecule has 0 atom stereocenters. The highest BCUT2D eigenvalue weighted by Gasteiger charge is 2.36. The Morgan fingerprint density at radius 2 is 1.91 bits per heavy atom. The van der Waals surface area contributed by atoms with E-state index in [9.17, 15) is 27.2 Å². The maximum Gasteiger partial charge on any atom is 0.435 e. The molecule has 0 saturated carbocycles. The highest BCUT2D eigenvalue weighted by atomic mass is 35.5. The number of aryl methyl sites for hydroxylation is 1. The number of benzene rings is 1. The molecule has 3 N–H and O–H groups in total. The second-order valence-electron chi connectivity index (χ2n) is 6.83. The molecule has 3 aromatic rings. The fourth-order valence-corrected chi connectivity index (χ4v) is 3.28. The molecule has 0 aliphatic rings. The van der Waals surface area contributed by atoms with Crippen molar-refractivity contribution in [1.29, 1.82) is 0 Å². The number of hydrogen-bond donors (Lipinski definition) is 3. The average Bonchev–Trinajstić information content (AvgIpc) is 3.16. The van der Waals surface area contributed by atoms with Crippen LogP contribution in [0.25, 0.3) is 0 Å². The Hall–Kier alpha value is -3.51. The Bertz CT molecular complexity index is 1210. The van der Waals surface area contributed by atoms with Crippen molar-refractivity contribution in [2.45, 2.75) is 19.6 Å². The number of hydrazine groups is 1. The van der Waals surface area contributed by atoms with Gasteiger partial charge in [0.15, 0.2) is 5.69 Å². The highest BCUT2D eigenvalue weighted by Crippen LogP contribution is 2.30. The number of nitrogens with zero attached hydrogens (tertiary/aromatic N) is 3. The smallest absolute Gasteiger partial charge is 0.320 e. The van der Waals surface area contributed by atoms with Crippen LogP contribution in [0, 0.1) is 12.9 Å². The van der Waals surface area contributed by atoms with Gasteiger partial charge in [-0.15, -0.1) is 0 Å². The van der Waals surface area contributed by atoms with Crippen molar-refractivity contribution in [2.24, 2.45) is 0 Å². The fourth-order valence-electron chi connectivity index (χ4n) is 3.00. The molecule has 13 heteroatoms. The van der Waals surface area contributed by atoms with Gasteiger partial charge in [-0.25, -0.2) is 10.4 Å². The molecule has 174 valence electrons. The minimum absolute atomic E-state index is 0.0249. The predicted molar refractivity (Wildman–Crippen MR) is 111 cm³/mol. The van der Waals surface area contributed by atoms with Crippen LogP contribution < -0.4 is 16.2 Å². The standard InChI is InChI=1S/C20H17ClF4N6O2/c1-10-6-12(21)7-13(18(32)29-26-2)16(10)28-19(33)14-8-15(20(23,24)25)30-31(14)9-11-4-3-5-27-17(11)22/h3-8,26H,9H2,1-2H3,(H,28,33)(H,29,32). The van der Waals surface area contributed by atoms with E-state index in [0.717, 1.165) is 4.68 Å². The van der Waals surface area contributed by atoms with Crippen LogP contribution in [0.4, 0.5) is 23.2 Å². The van der Waals surface area contributed by atoms with Crippen molar-refractivity contribution in [3.63, 3.8) is 0 Å². The van der Waals surface area contributed by atoms with Crippen molar-refractivity contribution in [2.75, 3.05) is 12.4 Å². The van der Waals surface area contributed by atoms with Gasteiger partial charge >= 0.3 is 6.18 Å². The number of alkyl halides is 3. The molecular formula is C20H17ClF4N6O2. The van der Waals surface area contributed by atoms with Gasteiger partial charge in [-0.2, -0.15) is 22.7 Å². The third kappa shape index (κ3) is 5.46. The fraction of sp³-hybridized carbons (Fsp3) is 0.200. The summed E-state index contributed by atoms with van der Waals surface area (Å²) in [7, 11) is 1.45. The van der Waals surface area contributed by atoms with E-state index in [4.69, 9.17) is 11.6 Å². The highest BCUT2D eigenvalue weighted by molar-refractivity contribution is 6.31. The number of carbonyl (C=O) groups excluding carboxylic acids is 2. The van der Waals surface area contributed by atoms with Gasteiger partial charge in [-0.05, 0) is 30.7 Å². The van der Waals surface area contributed by atoms with E-state index in [1.807, 2.05) is 0 Å². The van der Waals surface area contributed by atoms with Crippen LogP contribution in [0.5, 0.6) is 0 Å². The molecule has 2 aromatic heterocycles. The lowest BCUT2D eigenvalue weighted by atomic mass is 10.1. The monoisotopic (exact) mass is 484 g/mol. The van der Waals surface area contributed by atoms with Gasteiger partial charge in [0.2, 0.25) is 5.95 Å². The third-order valence-corrected chi connectivity index (χ3v) is 4.70. The lowest BCUT2D eigenvalue weighted by Gasteiger charge is -2.15. The molecular weight excluding hydrogens is 468 g/mol. The largest absolute Gasteiger partial charge is 0.435 e. The van der Waals surface area contributed by atoms with Gasteiger partial charge < -0.3 is 5.32 Å². The Morgan fingerprint density at radius 3 is 2.55 bits per heavy atom. The van der Waals surface area contributed by atoms with E-state index < -0.39 is 41.9 Å². The molecule has 8 nitrogen and oxygen atoms in total. The molecule has 0 spiro atoms. The number of rotatable bonds is 6. The zero-order chi connectivity index (χ0) is 24.3. The van der Waals surface area contributed by atoms with Gasteiger partial charge in [-0.1, -0.05) is 17.7 Å². The Morgan fingerprint density at radius 1 is 1.18 bits per heavy atom. The number of anilines is 1. The zero-order valence-corrected chi connectivity index (χ0v) is 18.0. The molecule has 0 radical (unpaired) electrons. The quantitative estimate of drug-likeness (QED) is 0.282. The number of nitrogens with one attached hydrogen (secondary N) is 3. The summed E-state index contributed by atoms with van der Waals surface area (Å²) in [5.41, 5.74) is 3.26. The molecule has 3 rings (SSSR count). The normalized spacial score (nSPS) is 11.4. The van der Waals surface area contributed by atoms with Crippen molar-refractivity contribution in [3.05, 3.63) is 75.6 Å². The molecule has 0 saturated heterocycles. The molecule has 0 bridgehead atoms. The second-order valence-corrected chi connectivity index (χ2v) is 7.26. The summed E-state index contributed by atoms with van der Waals surface area (Å²) < 4.78 is 54.5. The number of carbonyl (C=O) groups is 2. The van der Waals surface area contributed by atoms with Crippen LogP contribution in [-0.2, 0) is 12.7 Å². The molecule has 0 fully saturated rings. The number of hydrogen-bond acceptors (Lipinski definition) is 5. The third-order valence-electron chi connectivity index (χ3n) is 4.48. The molecule has 0 aliphatic heterocycles. The van der Waals surface area contributed by atoms with Crippen molar-refractivity contribution in [3.8, 4) is 0 Å². The minimum atomic E-state index is -4.85. The van der Waals surface area contributed by atoms with Crippen molar-refractivity contribution >= 4 is 29.1 Å². The first kappa shape index (κ1) is 24.1. The topological polar surface area (TPSA) is 101 Å². The summed E-state index contributed by atoms with van der Waals surface area (Å²) in [6.45, 7) is 1.08. The zero-order valence-electron chi connectivity index (χ0n) is 17.2. The summed E-state index contributed by atoms with van der Waals surface area (Å²) in [4.78, 5) is 28.8. The van der Waals surface area contributed by atoms with Crippen molar-refractivity contribution in [1.82, 2.24) is 25.6 Å². The molecule has 1 aromatic carbocycles. The van der Waals surface area contributed by atoms with Crippen LogP contribution >= 0.6 is 11.6 Å². The summed E-state index contributed by atoms with van der Waals surface area (Å²) in [6, 6.07) is 6.01. The van der Waals surface area contributed by atoms with Gasteiger partial charge in [0, 0.05) is 29.9 Å². The maximum absolute atomic E-state index is 14.0. The maximum atomic E-state index is 14.0. The second kappa shape index (κ2) is 9.55. The molecule has 0 unspecified atom stereocenters. The summed E-state index contributed by atoms with van der Waals surface area (Å²) >= 11 is 6.01. The minimum Gasteiger partial charge on any atom is -0.320 e. The predicted octanol–water partition coefficient (Wildman–Crippen LogP) is 3.56. The van der Waals surface area contributed by atoms with Gasteiger partial charge in [0.05, 0.1) is 17.8 Å². The first-order valence-electron chi connectivity index (χ1n) is 9.34. The summed E-state index contributed by atoms with van der Waals surface area (Å²) in [5.74, 6) is -2.54. The van der Waals surface area contributed by atoms with Gasteiger partial charge in [-0.3, -0.25) is 19.7 Å². The Kier molecular flexibility index (Phi) is 6.98. The van der Waals surface area contributed by atoms with Crippen LogP contribution in [0.2, 0.25) is 5.02 Å². The number of pyridine rings is 1. The summed E-state index contributed by atoms with van der Waals surface area (Å²) in [6.07, 6.45) is -3.67. The van der Waals surface area contributed by atoms with Crippen LogP contribution in [0.15, 0.2) is 36.5 Å². The summed E-state index contributed by atoms with van der Waals surface area (Å²) in [5, 5.41) is 6.08. The Labute approximate surface area is 189 Å². The lowest BCUT2D eigenvalue weighted by Crippen LogP contribution is -2.35. The van der Waals surface area contributed by atoms with Crippen LogP contribution in [0.3, 0.4) is 0 Å². The van der Waals surface area contributed by atoms with E-state index >= 15 is 0 Å². The average molecular weight is 485 g/mol. The lowest BCUT2D eigenvalue weighted by molar-refractivity contribution is -0.141. The SMILES string of the molecule is CNNC(=O)c1cc(Cl)cc(C)c1NC(=O)c1cc(C(F)(F)F)nn1Cc1cccnc1F. The van der Waals surface area contributed by atoms with E-state index in [1.165, 1.54) is 37.5 Å². The van der Waals surface area contributed by atoms with Crippen molar-refractivity contribution < 1.29 is 27.2 Å². The molecule has 2 heterocycles. The van der Waals surface area contributed by atoms with E-state index in [2.05, 4.69) is 26.3 Å². The van der Waals surface area contributed by atoms with E-state index in [1.54, 1.807) is 6.92 Å². The van der Waals surface area contributed by atoms with Crippen LogP contribution in [-0.4, -0.2) is 33.6 Å². The molecule has 2 amide bonds.